The van der Waals surface area contributed by atoms with Crippen molar-refractivity contribution >= 4 is 5.69 Å². The van der Waals surface area contributed by atoms with Crippen LogP contribution in [0.1, 0.15) is 37.4 Å². The summed E-state index contributed by atoms with van der Waals surface area (Å²) in [6.07, 6.45) is 6.98. The maximum atomic E-state index is 9.96. The molecule has 1 saturated carbocycles. The van der Waals surface area contributed by atoms with E-state index >= 15 is 0 Å². The summed E-state index contributed by atoms with van der Waals surface area (Å²) in [5.74, 6) is 0. The zero-order chi connectivity index (χ0) is 11.9. The largest absolute Gasteiger partial charge is 0.393 e. The number of ether oxygens (including phenoxy) is 1. The van der Waals surface area contributed by atoms with Crippen LogP contribution in [-0.4, -0.2) is 28.8 Å². The molecule has 1 aliphatic carbocycles. The van der Waals surface area contributed by atoms with Gasteiger partial charge in [0, 0.05) is 31.6 Å². The van der Waals surface area contributed by atoms with Crippen LogP contribution >= 0.6 is 0 Å². The number of pyridine rings is 1. The molecule has 1 spiro atoms. The van der Waals surface area contributed by atoms with Gasteiger partial charge in [-0.3, -0.25) is 4.98 Å². The highest BCUT2D eigenvalue weighted by Crippen LogP contribution is 2.52. The van der Waals surface area contributed by atoms with Gasteiger partial charge in [0.1, 0.15) is 0 Å². The molecular weight excluding hydrogens is 216 g/mol. The third-order valence-electron chi connectivity index (χ3n) is 3.76. The number of aliphatic hydroxyl groups is 1. The number of hydrogen-bond acceptors (Lipinski definition) is 4. The molecule has 2 N–H and O–H groups in total. The predicted molar refractivity (Wildman–Crippen MR) is 64.8 cm³/mol. The van der Waals surface area contributed by atoms with Gasteiger partial charge in [-0.25, -0.2) is 0 Å². The van der Waals surface area contributed by atoms with Crippen molar-refractivity contribution in [3.8, 4) is 0 Å². The van der Waals surface area contributed by atoms with Gasteiger partial charge in [-0.2, -0.15) is 0 Å². The Kier molecular flexibility index (Phi) is 2.56. The van der Waals surface area contributed by atoms with Crippen LogP contribution in [0.5, 0.6) is 0 Å². The first-order chi connectivity index (χ1) is 8.22. The summed E-state index contributed by atoms with van der Waals surface area (Å²) in [5.41, 5.74) is 2.06. The molecule has 0 radical (unpaired) electrons. The molecule has 4 heteroatoms. The Balaban J connectivity index is 1.87. The Morgan fingerprint density at radius 2 is 2.35 bits per heavy atom. The van der Waals surface area contributed by atoms with Crippen molar-refractivity contribution in [3.63, 3.8) is 0 Å². The number of nitrogens with zero attached hydrogens (tertiary/aromatic N) is 1. The van der Waals surface area contributed by atoms with Crippen LogP contribution in [0.4, 0.5) is 5.69 Å². The number of nitrogens with one attached hydrogen (secondary N) is 1. The van der Waals surface area contributed by atoms with Crippen molar-refractivity contribution in [2.75, 3.05) is 12.4 Å². The lowest BCUT2D eigenvalue weighted by molar-refractivity contribution is -0.113. The molecule has 1 aliphatic heterocycles. The van der Waals surface area contributed by atoms with Crippen LogP contribution in [0.25, 0.3) is 0 Å². The van der Waals surface area contributed by atoms with Crippen molar-refractivity contribution < 1.29 is 9.84 Å². The first kappa shape index (κ1) is 11.0. The van der Waals surface area contributed by atoms with Crippen LogP contribution in [0.3, 0.4) is 0 Å². The Hall–Kier alpha value is -1.13. The Morgan fingerprint density at radius 1 is 1.53 bits per heavy atom. The fourth-order valence-electron chi connectivity index (χ4n) is 2.70. The average molecular weight is 234 g/mol. The Bertz CT molecular complexity index is 418. The average Bonchev–Trinajstić information content (AvgIpc) is 3.07. The van der Waals surface area contributed by atoms with E-state index < -0.39 is 0 Å². The lowest BCUT2D eigenvalue weighted by atomic mass is 9.94. The van der Waals surface area contributed by atoms with E-state index in [1.54, 1.807) is 12.4 Å². The van der Waals surface area contributed by atoms with Crippen molar-refractivity contribution in [1.29, 1.82) is 0 Å². The summed E-state index contributed by atoms with van der Waals surface area (Å²) >= 11 is 0. The van der Waals surface area contributed by atoms with Crippen molar-refractivity contribution in [2.45, 2.75) is 43.5 Å². The molecule has 0 bridgehead atoms. The minimum absolute atomic E-state index is 0.00769. The third kappa shape index (κ3) is 2.03. The van der Waals surface area contributed by atoms with Gasteiger partial charge >= 0.3 is 0 Å². The first-order valence-electron chi connectivity index (χ1n) is 6.20. The number of rotatable bonds is 2. The predicted octanol–water partition coefficient (Wildman–Crippen LogP) is 1.87. The van der Waals surface area contributed by atoms with Crippen LogP contribution < -0.4 is 5.32 Å². The van der Waals surface area contributed by atoms with Crippen LogP contribution in [0, 0.1) is 0 Å². The first-order valence-corrected chi connectivity index (χ1v) is 6.20. The minimum atomic E-state index is -0.242. The number of hydrogen-bond donors (Lipinski definition) is 2. The fourth-order valence-corrected chi connectivity index (χ4v) is 2.70. The van der Waals surface area contributed by atoms with E-state index in [2.05, 4.69) is 10.3 Å². The highest BCUT2D eigenvalue weighted by atomic mass is 16.5. The molecule has 2 unspecified atom stereocenters. The molecule has 1 saturated heterocycles. The van der Waals surface area contributed by atoms with Gasteiger partial charge in [0.2, 0.25) is 0 Å². The van der Waals surface area contributed by atoms with E-state index in [-0.39, 0.29) is 17.8 Å². The van der Waals surface area contributed by atoms with Gasteiger partial charge < -0.3 is 15.2 Å². The van der Waals surface area contributed by atoms with E-state index in [0.29, 0.717) is 6.42 Å². The van der Waals surface area contributed by atoms with Crippen LogP contribution in [-0.2, 0) is 4.74 Å². The van der Waals surface area contributed by atoms with Gasteiger partial charge in [-0.1, -0.05) is 0 Å². The Labute approximate surface area is 101 Å². The normalized spacial score (nSPS) is 30.2. The monoisotopic (exact) mass is 234 g/mol. The molecule has 4 nitrogen and oxygen atoms in total. The van der Waals surface area contributed by atoms with Gasteiger partial charge in [-0.15, -0.1) is 0 Å². The van der Waals surface area contributed by atoms with E-state index in [1.165, 1.54) is 0 Å². The maximum absolute atomic E-state index is 9.96. The number of anilines is 1. The molecule has 1 aromatic heterocycles. The minimum Gasteiger partial charge on any atom is -0.393 e. The van der Waals surface area contributed by atoms with Gasteiger partial charge in [0.15, 0.2) is 0 Å². The maximum Gasteiger partial charge on any atom is 0.0878 e. The second-order valence-corrected chi connectivity index (χ2v) is 5.10. The van der Waals surface area contributed by atoms with E-state index in [1.807, 2.05) is 13.1 Å². The second-order valence-electron chi connectivity index (χ2n) is 5.10. The summed E-state index contributed by atoms with van der Waals surface area (Å²) in [6.45, 7) is 0. The zero-order valence-corrected chi connectivity index (χ0v) is 10.0. The summed E-state index contributed by atoms with van der Waals surface area (Å²) in [4.78, 5) is 4.10. The van der Waals surface area contributed by atoms with Gasteiger partial charge in [-0.05, 0) is 18.9 Å². The molecule has 2 atom stereocenters. The highest BCUT2D eigenvalue weighted by molar-refractivity contribution is 5.49. The van der Waals surface area contributed by atoms with E-state index in [0.717, 1.165) is 30.5 Å². The summed E-state index contributed by atoms with van der Waals surface area (Å²) in [7, 11) is 1.88. The summed E-state index contributed by atoms with van der Waals surface area (Å²) in [5, 5.41) is 13.1. The molecule has 92 valence electrons. The van der Waals surface area contributed by atoms with Crippen molar-refractivity contribution in [3.05, 3.63) is 24.0 Å². The van der Waals surface area contributed by atoms with Gasteiger partial charge in [0.25, 0.3) is 0 Å². The summed E-state index contributed by atoms with van der Waals surface area (Å²) in [6, 6.07) is 1.98. The molecule has 17 heavy (non-hydrogen) atoms. The second kappa shape index (κ2) is 3.96. The quantitative estimate of drug-likeness (QED) is 0.820. The topological polar surface area (TPSA) is 54.4 Å². The van der Waals surface area contributed by atoms with Crippen LogP contribution in [0.15, 0.2) is 18.5 Å². The molecular formula is C13H18N2O2. The molecule has 3 rings (SSSR count). The SMILES string of the molecule is CNc1cnccc1C1CC(O)CC2(CC2)O1. The Morgan fingerprint density at radius 3 is 3.06 bits per heavy atom. The smallest absolute Gasteiger partial charge is 0.0878 e. The van der Waals surface area contributed by atoms with Crippen LogP contribution in [0.2, 0.25) is 0 Å². The third-order valence-corrected chi connectivity index (χ3v) is 3.76. The molecule has 0 amide bonds. The lowest BCUT2D eigenvalue weighted by Crippen LogP contribution is -2.33. The molecule has 0 aromatic carbocycles. The van der Waals surface area contributed by atoms with Gasteiger partial charge in [0.05, 0.1) is 29.7 Å². The summed E-state index contributed by atoms with van der Waals surface area (Å²) < 4.78 is 6.16. The lowest BCUT2D eigenvalue weighted by Gasteiger charge is -2.34. The number of aromatic nitrogens is 1. The standard InChI is InChI=1S/C13H18N2O2/c1-14-11-8-15-5-2-10(11)12-6-9(16)7-13(17-12)3-4-13/h2,5,8-9,12,14,16H,3-4,6-7H2,1H3. The highest BCUT2D eigenvalue weighted by Gasteiger charge is 2.50. The van der Waals surface area contributed by atoms with Crippen molar-refractivity contribution in [1.82, 2.24) is 4.98 Å². The molecule has 2 aliphatic rings. The van der Waals surface area contributed by atoms with Crippen molar-refractivity contribution in [2.24, 2.45) is 0 Å². The molecule has 2 fully saturated rings. The van der Waals surface area contributed by atoms with E-state index in [4.69, 9.17) is 4.74 Å². The number of aliphatic hydroxyl groups excluding tert-OH is 1. The fraction of sp³-hybridized carbons (Fsp3) is 0.615. The molecule has 2 heterocycles. The molecule has 1 aromatic rings. The van der Waals surface area contributed by atoms with E-state index in [9.17, 15) is 5.11 Å². The zero-order valence-electron chi connectivity index (χ0n) is 10.0.